The second kappa shape index (κ2) is 7.74. The van der Waals surface area contributed by atoms with Crippen LogP contribution in [0.4, 0.5) is 5.69 Å². The predicted octanol–water partition coefficient (Wildman–Crippen LogP) is 4.04. The van der Waals surface area contributed by atoms with Gasteiger partial charge in [0.2, 0.25) is 0 Å². The molecule has 0 atom stereocenters. The first-order chi connectivity index (χ1) is 7.24. The highest BCUT2D eigenvalue weighted by Gasteiger charge is 2.01. The van der Waals surface area contributed by atoms with Crippen LogP contribution in [-0.4, -0.2) is 4.92 Å². The summed E-state index contributed by atoms with van der Waals surface area (Å²) in [6.45, 7) is 6.04. The molecule has 0 N–H and O–H groups in total. The van der Waals surface area contributed by atoms with E-state index in [0.717, 1.165) is 12.0 Å². The van der Waals surface area contributed by atoms with E-state index >= 15 is 0 Å². The molecule has 0 aliphatic carbocycles. The SMILES string of the molecule is CC.CC/C=C/c1ccc([N+](=O)[O-])cc1. The van der Waals surface area contributed by atoms with Crippen LogP contribution < -0.4 is 0 Å². The highest BCUT2D eigenvalue weighted by Crippen LogP contribution is 2.12. The Morgan fingerprint density at radius 3 is 2.20 bits per heavy atom. The third kappa shape index (κ3) is 4.96. The van der Waals surface area contributed by atoms with Gasteiger partial charge in [0.25, 0.3) is 5.69 Å². The first-order valence-corrected chi connectivity index (χ1v) is 5.15. The van der Waals surface area contributed by atoms with Gasteiger partial charge in [0, 0.05) is 12.1 Å². The summed E-state index contributed by atoms with van der Waals surface area (Å²) in [7, 11) is 0. The summed E-state index contributed by atoms with van der Waals surface area (Å²) in [5.74, 6) is 0. The van der Waals surface area contributed by atoms with Gasteiger partial charge in [-0.2, -0.15) is 0 Å². The van der Waals surface area contributed by atoms with Gasteiger partial charge in [0.15, 0.2) is 0 Å². The third-order valence-electron chi connectivity index (χ3n) is 1.65. The average Bonchev–Trinajstić information content (AvgIpc) is 2.29. The van der Waals surface area contributed by atoms with E-state index in [1.807, 2.05) is 32.9 Å². The number of rotatable bonds is 3. The van der Waals surface area contributed by atoms with Crippen LogP contribution in [0.5, 0.6) is 0 Å². The molecule has 15 heavy (non-hydrogen) atoms. The zero-order chi connectivity index (χ0) is 11.7. The molecule has 0 spiro atoms. The lowest BCUT2D eigenvalue weighted by molar-refractivity contribution is -0.384. The van der Waals surface area contributed by atoms with Crippen LogP contribution in [0.2, 0.25) is 0 Å². The smallest absolute Gasteiger partial charge is 0.258 e. The van der Waals surface area contributed by atoms with E-state index in [0.29, 0.717) is 0 Å². The molecule has 3 nitrogen and oxygen atoms in total. The molecule has 82 valence electrons. The number of allylic oxidation sites excluding steroid dienone is 1. The molecule has 0 fully saturated rings. The number of benzene rings is 1. The first-order valence-electron chi connectivity index (χ1n) is 5.15. The third-order valence-corrected chi connectivity index (χ3v) is 1.65. The van der Waals surface area contributed by atoms with Crippen LogP contribution >= 0.6 is 0 Å². The van der Waals surface area contributed by atoms with E-state index in [9.17, 15) is 10.1 Å². The zero-order valence-corrected chi connectivity index (χ0v) is 9.43. The minimum atomic E-state index is -0.396. The molecule has 0 saturated carbocycles. The lowest BCUT2D eigenvalue weighted by Gasteiger charge is -1.92. The number of nitro groups is 1. The Morgan fingerprint density at radius 2 is 1.80 bits per heavy atom. The number of nitro benzene ring substituents is 1. The lowest BCUT2D eigenvalue weighted by Crippen LogP contribution is -1.86. The summed E-state index contributed by atoms with van der Waals surface area (Å²) in [6, 6.07) is 6.50. The molecular weight excluding hydrogens is 190 g/mol. The van der Waals surface area contributed by atoms with Gasteiger partial charge in [0.1, 0.15) is 0 Å². The van der Waals surface area contributed by atoms with E-state index in [1.165, 1.54) is 12.1 Å². The topological polar surface area (TPSA) is 43.1 Å². The normalized spacial score (nSPS) is 9.53. The molecule has 0 unspecified atom stereocenters. The van der Waals surface area contributed by atoms with Gasteiger partial charge in [-0.05, 0) is 24.1 Å². The van der Waals surface area contributed by atoms with Crippen LogP contribution in [0, 0.1) is 10.1 Å². The summed E-state index contributed by atoms with van der Waals surface area (Å²) in [5.41, 5.74) is 1.13. The molecule has 0 aliphatic heterocycles. The van der Waals surface area contributed by atoms with Gasteiger partial charge in [-0.15, -0.1) is 0 Å². The number of hydrogen-bond acceptors (Lipinski definition) is 2. The average molecular weight is 207 g/mol. The molecule has 1 aromatic rings. The Bertz CT molecular complexity index is 315. The monoisotopic (exact) mass is 207 g/mol. The summed E-state index contributed by atoms with van der Waals surface area (Å²) in [4.78, 5) is 9.92. The van der Waals surface area contributed by atoms with Crippen molar-refractivity contribution < 1.29 is 4.92 Å². The number of hydrogen-bond donors (Lipinski definition) is 0. The summed E-state index contributed by atoms with van der Waals surface area (Å²) >= 11 is 0. The molecule has 0 bridgehead atoms. The van der Waals surface area contributed by atoms with E-state index in [2.05, 4.69) is 0 Å². The number of nitrogens with zero attached hydrogens (tertiary/aromatic N) is 1. The Morgan fingerprint density at radius 1 is 1.27 bits per heavy atom. The van der Waals surface area contributed by atoms with Gasteiger partial charge in [0.05, 0.1) is 4.92 Å². The molecule has 0 saturated heterocycles. The molecule has 0 aliphatic rings. The van der Waals surface area contributed by atoms with Gasteiger partial charge in [-0.3, -0.25) is 10.1 Å². The maximum absolute atomic E-state index is 10.3. The van der Waals surface area contributed by atoms with Crippen LogP contribution in [0.3, 0.4) is 0 Å². The molecule has 0 heterocycles. The molecule has 1 rings (SSSR count). The molecule has 1 aromatic carbocycles. The lowest BCUT2D eigenvalue weighted by atomic mass is 10.2. The Balaban J connectivity index is 0.000000921. The fourth-order valence-electron chi connectivity index (χ4n) is 0.961. The van der Waals surface area contributed by atoms with Crippen molar-refractivity contribution in [2.45, 2.75) is 27.2 Å². The second-order valence-electron chi connectivity index (χ2n) is 2.66. The summed E-state index contributed by atoms with van der Waals surface area (Å²) in [5, 5.41) is 10.3. The molecule has 0 amide bonds. The van der Waals surface area contributed by atoms with Crippen molar-refractivity contribution in [2.75, 3.05) is 0 Å². The molecule has 0 aromatic heterocycles. The Kier molecular flexibility index (Phi) is 6.89. The maximum atomic E-state index is 10.3. The van der Waals surface area contributed by atoms with Gasteiger partial charge < -0.3 is 0 Å². The Labute approximate surface area is 90.6 Å². The summed E-state index contributed by atoms with van der Waals surface area (Å²) < 4.78 is 0. The first kappa shape index (κ1) is 13.4. The van der Waals surface area contributed by atoms with Crippen molar-refractivity contribution in [3.8, 4) is 0 Å². The quantitative estimate of drug-likeness (QED) is 0.554. The van der Waals surface area contributed by atoms with Crippen molar-refractivity contribution in [1.29, 1.82) is 0 Å². The van der Waals surface area contributed by atoms with Crippen molar-refractivity contribution >= 4 is 11.8 Å². The highest BCUT2D eigenvalue weighted by atomic mass is 16.6. The minimum Gasteiger partial charge on any atom is -0.258 e. The summed E-state index contributed by atoms with van der Waals surface area (Å²) in [6.07, 6.45) is 4.93. The van der Waals surface area contributed by atoms with E-state index in [4.69, 9.17) is 0 Å². The Hall–Kier alpha value is -1.64. The minimum absolute atomic E-state index is 0.133. The van der Waals surface area contributed by atoms with E-state index in [-0.39, 0.29) is 5.69 Å². The fraction of sp³-hybridized carbons (Fsp3) is 0.333. The van der Waals surface area contributed by atoms with Gasteiger partial charge >= 0.3 is 0 Å². The standard InChI is InChI=1S/C10H11NO2.C2H6/c1-2-3-4-9-5-7-10(8-6-9)11(12)13;1-2/h3-8H,2H2,1H3;1-2H3/b4-3+;. The van der Waals surface area contributed by atoms with Crippen molar-refractivity contribution in [2.24, 2.45) is 0 Å². The zero-order valence-electron chi connectivity index (χ0n) is 9.43. The van der Waals surface area contributed by atoms with Crippen molar-refractivity contribution in [3.63, 3.8) is 0 Å². The van der Waals surface area contributed by atoms with Gasteiger partial charge in [-0.25, -0.2) is 0 Å². The van der Waals surface area contributed by atoms with Gasteiger partial charge in [-0.1, -0.05) is 32.9 Å². The molecule has 3 heteroatoms. The number of non-ortho nitro benzene ring substituents is 1. The highest BCUT2D eigenvalue weighted by molar-refractivity contribution is 5.51. The molecule has 0 radical (unpaired) electrons. The second-order valence-corrected chi connectivity index (χ2v) is 2.66. The van der Waals surface area contributed by atoms with Crippen molar-refractivity contribution in [3.05, 3.63) is 46.0 Å². The van der Waals surface area contributed by atoms with Crippen molar-refractivity contribution in [1.82, 2.24) is 0 Å². The van der Waals surface area contributed by atoms with E-state index < -0.39 is 4.92 Å². The fourth-order valence-corrected chi connectivity index (χ4v) is 0.961. The maximum Gasteiger partial charge on any atom is 0.269 e. The van der Waals surface area contributed by atoms with Crippen LogP contribution in [0.25, 0.3) is 6.08 Å². The van der Waals surface area contributed by atoms with Crippen LogP contribution in [-0.2, 0) is 0 Å². The van der Waals surface area contributed by atoms with Crippen LogP contribution in [0.1, 0.15) is 32.8 Å². The largest absolute Gasteiger partial charge is 0.269 e. The van der Waals surface area contributed by atoms with E-state index in [1.54, 1.807) is 12.1 Å². The van der Waals surface area contributed by atoms with Crippen LogP contribution in [0.15, 0.2) is 30.3 Å². The molecular formula is C12H17NO2. The predicted molar refractivity (Wildman–Crippen MR) is 63.8 cm³/mol.